The van der Waals surface area contributed by atoms with E-state index in [0.717, 1.165) is 10.9 Å². The normalized spacial score (nSPS) is 18.1. The van der Waals surface area contributed by atoms with Crippen molar-refractivity contribution in [2.24, 2.45) is 0 Å². The fraction of sp³-hybridized carbons (Fsp3) is 0.238. The Balaban J connectivity index is 1.68. The number of anilines is 2. The molecule has 0 aliphatic carbocycles. The minimum absolute atomic E-state index is 0.00728. The largest absolute Gasteiger partial charge is 0.497 e. The average Bonchev–Trinajstić information content (AvgIpc) is 3.18. The summed E-state index contributed by atoms with van der Waals surface area (Å²) in [4.78, 5) is 12.8. The highest BCUT2D eigenvalue weighted by molar-refractivity contribution is 6.30. The van der Waals surface area contributed by atoms with E-state index in [4.69, 9.17) is 16.3 Å². The molecule has 1 aromatic heterocycles. The molecule has 2 heterocycles. The van der Waals surface area contributed by atoms with E-state index in [1.165, 1.54) is 7.11 Å². The zero-order valence-electron chi connectivity index (χ0n) is 16.3. The van der Waals surface area contributed by atoms with Gasteiger partial charge in [-0.15, -0.1) is 0 Å². The Hall–Kier alpha value is -3.20. The number of carbonyl (C=O) groups is 1. The molecule has 0 spiro atoms. The maximum Gasteiger partial charge on any atom is 0.410 e. The predicted octanol–water partition coefficient (Wildman–Crippen LogP) is 5.46. The second-order valence-electron chi connectivity index (χ2n) is 7.08. The van der Waals surface area contributed by atoms with Gasteiger partial charge in [0, 0.05) is 17.1 Å². The molecule has 162 valence electrons. The van der Waals surface area contributed by atoms with Crippen molar-refractivity contribution in [2.45, 2.75) is 24.7 Å². The van der Waals surface area contributed by atoms with Crippen LogP contribution in [-0.4, -0.2) is 29.0 Å². The van der Waals surface area contributed by atoms with Gasteiger partial charge in [-0.3, -0.25) is 4.79 Å². The molecule has 1 aliphatic rings. The summed E-state index contributed by atoms with van der Waals surface area (Å²) in [5.74, 6) is -0.0428. The van der Waals surface area contributed by atoms with Crippen LogP contribution >= 0.6 is 11.6 Å². The number of hydrogen-bond donors (Lipinski definition) is 2. The lowest BCUT2D eigenvalue weighted by Crippen LogP contribution is -2.36. The van der Waals surface area contributed by atoms with Gasteiger partial charge >= 0.3 is 6.18 Å². The molecule has 0 bridgehead atoms. The van der Waals surface area contributed by atoms with Crippen LogP contribution in [0.2, 0.25) is 5.02 Å². The molecule has 1 amide bonds. The first-order chi connectivity index (χ1) is 14.8. The molecule has 0 fully saturated rings. The maximum atomic E-state index is 13.8. The van der Waals surface area contributed by atoms with Crippen LogP contribution in [0.25, 0.3) is 0 Å². The number of nitrogens with zero attached hydrogens (tertiary/aromatic N) is 2. The number of amides is 1. The summed E-state index contributed by atoms with van der Waals surface area (Å²) < 4.78 is 47.5. The van der Waals surface area contributed by atoms with Crippen LogP contribution in [0.1, 0.15) is 34.4 Å². The van der Waals surface area contributed by atoms with Crippen molar-refractivity contribution in [2.75, 3.05) is 17.7 Å². The third kappa shape index (κ3) is 4.32. The van der Waals surface area contributed by atoms with Crippen molar-refractivity contribution in [1.82, 2.24) is 9.78 Å². The molecule has 3 aromatic rings. The van der Waals surface area contributed by atoms with Crippen molar-refractivity contribution >= 4 is 29.0 Å². The predicted molar refractivity (Wildman–Crippen MR) is 111 cm³/mol. The molecule has 0 radical (unpaired) electrons. The van der Waals surface area contributed by atoms with Crippen molar-refractivity contribution < 1.29 is 22.7 Å². The minimum Gasteiger partial charge on any atom is -0.497 e. The van der Waals surface area contributed by atoms with Crippen LogP contribution in [0.5, 0.6) is 5.75 Å². The number of rotatable bonds is 4. The van der Waals surface area contributed by atoms with Crippen LogP contribution in [-0.2, 0) is 0 Å². The zero-order chi connectivity index (χ0) is 22.2. The third-order valence-corrected chi connectivity index (χ3v) is 5.33. The van der Waals surface area contributed by atoms with Gasteiger partial charge in [0.2, 0.25) is 0 Å². The van der Waals surface area contributed by atoms with Crippen molar-refractivity contribution in [3.8, 4) is 5.75 Å². The molecule has 1 aliphatic heterocycles. The smallest absolute Gasteiger partial charge is 0.410 e. The van der Waals surface area contributed by atoms with Gasteiger partial charge < -0.3 is 15.4 Å². The van der Waals surface area contributed by atoms with Gasteiger partial charge in [-0.05, 0) is 42.0 Å². The molecular weight excluding hydrogens is 433 g/mol. The van der Waals surface area contributed by atoms with Crippen molar-refractivity contribution in [1.29, 1.82) is 0 Å². The number of methoxy groups -OCH3 is 1. The fourth-order valence-electron chi connectivity index (χ4n) is 3.54. The Kier molecular flexibility index (Phi) is 5.53. The minimum atomic E-state index is -4.54. The van der Waals surface area contributed by atoms with E-state index in [9.17, 15) is 18.0 Å². The lowest BCUT2D eigenvalue weighted by atomic mass is 9.96. The van der Waals surface area contributed by atoms with E-state index in [-0.39, 0.29) is 17.8 Å². The van der Waals surface area contributed by atoms with Crippen molar-refractivity contribution in [3.05, 3.63) is 70.9 Å². The number of fused-ring (bicyclic) bond motifs is 1. The number of ether oxygens (including phenoxy) is 1. The highest BCUT2D eigenvalue weighted by Crippen LogP contribution is 2.44. The Labute approximate surface area is 181 Å². The first-order valence-corrected chi connectivity index (χ1v) is 9.75. The zero-order valence-corrected chi connectivity index (χ0v) is 17.0. The van der Waals surface area contributed by atoms with E-state index in [1.54, 1.807) is 48.5 Å². The standard InChI is InChI=1S/C21H18ClF3N4O2/c1-31-15-4-2-3-12(9-15)17-10-18(21(23,24)25)29-19(28-17)16(11-26-29)20(30)27-14-7-5-13(22)6-8-14/h2-9,11,17-18,28H,10H2,1H3,(H,27,30). The Morgan fingerprint density at radius 3 is 2.68 bits per heavy atom. The molecule has 10 heteroatoms. The van der Waals surface area contributed by atoms with Crippen molar-refractivity contribution in [3.63, 3.8) is 0 Å². The summed E-state index contributed by atoms with van der Waals surface area (Å²) in [5, 5.41) is 10.1. The number of halogens is 4. The van der Waals surface area contributed by atoms with Gasteiger partial charge in [0.05, 0.1) is 19.3 Å². The van der Waals surface area contributed by atoms with E-state index in [1.807, 2.05) is 0 Å². The first kappa shape index (κ1) is 21.0. The monoisotopic (exact) mass is 450 g/mol. The molecule has 6 nitrogen and oxygen atoms in total. The molecule has 4 rings (SSSR count). The molecular formula is C21H18ClF3N4O2. The molecule has 2 atom stereocenters. The number of aromatic nitrogens is 2. The van der Waals surface area contributed by atoms with E-state index in [0.29, 0.717) is 22.0 Å². The van der Waals surface area contributed by atoms with Crippen LogP contribution in [0.15, 0.2) is 54.7 Å². The molecule has 2 aromatic carbocycles. The van der Waals surface area contributed by atoms with Gasteiger partial charge in [0.15, 0.2) is 6.04 Å². The van der Waals surface area contributed by atoms with Gasteiger partial charge in [0.25, 0.3) is 5.91 Å². The Bertz CT molecular complexity index is 1100. The van der Waals surface area contributed by atoms with Crippen LogP contribution < -0.4 is 15.4 Å². The first-order valence-electron chi connectivity index (χ1n) is 9.38. The Morgan fingerprint density at radius 2 is 2.00 bits per heavy atom. The maximum absolute atomic E-state index is 13.8. The van der Waals surface area contributed by atoms with E-state index >= 15 is 0 Å². The van der Waals surface area contributed by atoms with Gasteiger partial charge in [-0.2, -0.15) is 18.3 Å². The molecule has 2 unspecified atom stereocenters. The molecule has 31 heavy (non-hydrogen) atoms. The lowest BCUT2D eigenvalue weighted by Gasteiger charge is -2.34. The second-order valence-corrected chi connectivity index (χ2v) is 7.52. The number of alkyl halides is 3. The Morgan fingerprint density at radius 1 is 1.26 bits per heavy atom. The van der Waals surface area contributed by atoms with Crippen LogP contribution in [0, 0.1) is 0 Å². The molecule has 0 saturated carbocycles. The second kappa shape index (κ2) is 8.14. The van der Waals surface area contributed by atoms with Gasteiger partial charge in [-0.1, -0.05) is 23.7 Å². The topological polar surface area (TPSA) is 68.2 Å². The molecule has 0 saturated heterocycles. The summed E-state index contributed by atoms with van der Waals surface area (Å²) in [6.45, 7) is 0. The number of carbonyl (C=O) groups excluding carboxylic acids is 1. The summed E-state index contributed by atoms with van der Waals surface area (Å²) in [5.41, 5.74) is 1.09. The van der Waals surface area contributed by atoms with Gasteiger partial charge in [0.1, 0.15) is 17.1 Å². The lowest BCUT2D eigenvalue weighted by molar-refractivity contribution is -0.173. The summed E-state index contributed by atoms with van der Waals surface area (Å²) in [6.07, 6.45) is -3.67. The van der Waals surface area contributed by atoms with E-state index < -0.39 is 24.2 Å². The van der Waals surface area contributed by atoms with Gasteiger partial charge in [-0.25, -0.2) is 4.68 Å². The number of hydrogen-bond acceptors (Lipinski definition) is 4. The quantitative estimate of drug-likeness (QED) is 0.554. The SMILES string of the molecule is COc1cccc(C2CC(C(F)(F)F)n3ncc(C(=O)Nc4ccc(Cl)cc4)c3N2)c1. The van der Waals surface area contributed by atoms with Crippen LogP contribution in [0.4, 0.5) is 24.7 Å². The fourth-order valence-corrected chi connectivity index (χ4v) is 3.66. The van der Waals surface area contributed by atoms with Crippen LogP contribution in [0.3, 0.4) is 0 Å². The van der Waals surface area contributed by atoms with E-state index in [2.05, 4.69) is 15.7 Å². The average molecular weight is 451 g/mol. The summed E-state index contributed by atoms with van der Waals surface area (Å²) in [6, 6.07) is 10.6. The molecule has 2 N–H and O–H groups in total. The number of nitrogens with one attached hydrogen (secondary N) is 2. The highest BCUT2D eigenvalue weighted by atomic mass is 35.5. The summed E-state index contributed by atoms with van der Waals surface area (Å²) >= 11 is 5.85. The number of benzene rings is 2. The highest BCUT2D eigenvalue weighted by Gasteiger charge is 2.47. The summed E-state index contributed by atoms with van der Waals surface area (Å²) in [7, 11) is 1.49. The third-order valence-electron chi connectivity index (χ3n) is 5.08.